The van der Waals surface area contributed by atoms with Gasteiger partial charge in [-0.3, -0.25) is 4.90 Å². The number of morpholine rings is 1. The number of nitrogens with two attached hydrogens (primary N) is 1. The van der Waals surface area contributed by atoms with Gasteiger partial charge in [0.15, 0.2) is 0 Å². The van der Waals surface area contributed by atoms with Crippen molar-refractivity contribution < 1.29 is 4.74 Å². The maximum atomic E-state index is 6.29. The topological polar surface area (TPSA) is 41.7 Å². The van der Waals surface area contributed by atoms with Crippen molar-refractivity contribution in [2.75, 3.05) is 44.3 Å². The summed E-state index contributed by atoms with van der Waals surface area (Å²) in [6.45, 7) is 7.06. The average Bonchev–Trinajstić information content (AvgIpc) is 3.12. The first-order valence-electron chi connectivity index (χ1n) is 8.80. The van der Waals surface area contributed by atoms with Crippen LogP contribution in [0.15, 0.2) is 22.7 Å². The van der Waals surface area contributed by atoms with Gasteiger partial charge in [-0.15, -0.1) is 0 Å². The van der Waals surface area contributed by atoms with Crippen molar-refractivity contribution in [3.05, 3.63) is 28.2 Å². The first kappa shape index (κ1) is 15.9. The van der Waals surface area contributed by atoms with Crippen LogP contribution in [-0.4, -0.2) is 50.3 Å². The standard InChI is InChI=1S/C18H26BrN3O/c19-15-3-1-14(18(9-15)22-5-7-23-8-6-22)11-21-10-13-2-4-17(20)16(13)12-21/h1,3,9,13,16-17H,2,4-8,10-12,20H2. The van der Waals surface area contributed by atoms with Crippen molar-refractivity contribution in [1.29, 1.82) is 0 Å². The van der Waals surface area contributed by atoms with Crippen molar-refractivity contribution >= 4 is 21.6 Å². The monoisotopic (exact) mass is 379 g/mol. The molecule has 4 rings (SSSR count). The van der Waals surface area contributed by atoms with Gasteiger partial charge in [0.1, 0.15) is 0 Å². The fourth-order valence-corrected chi connectivity index (χ4v) is 4.89. The Bertz CT molecular complexity index is 561. The van der Waals surface area contributed by atoms with Crippen LogP contribution in [0.5, 0.6) is 0 Å². The highest BCUT2D eigenvalue weighted by atomic mass is 79.9. The van der Waals surface area contributed by atoms with Crippen molar-refractivity contribution in [3.8, 4) is 0 Å². The summed E-state index contributed by atoms with van der Waals surface area (Å²) in [5, 5.41) is 0. The second kappa shape index (κ2) is 6.71. The molecule has 0 aromatic heterocycles. The molecule has 2 heterocycles. The lowest BCUT2D eigenvalue weighted by Gasteiger charge is -2.32. The van der Waals surface area contributed by atoms with E-state index in [-0.39, 0.29) is 0 Å². The molecular formula is C18H26BrN3O. The van der Waals surface area contributed by atoms with E-state index in [0.29, 0.717) is 6.04 Å². The maximum absolute atomic E-state index is 6.29. The number of nitrogens with zero attached hydrogens (tertiary/aromatic N) is 2. The molecule has 2 saturated heterocycles. The van der Waals surface area contributed by atoms with E-state index < -0.39 is 0 Å². The fraction of sp³-hybridized carbons (Fsp3) is 0.667. The van der Waals surface area contributed by atoms with E-state index in [9.17, 15) is 0 Å². The van der Waals surface area contributed by atoms with Crippen LogP contribution in [-0.2, 0) is 11.3 Å². The fourth-order valence-electron chi connectivity index (χ4n) is 4.54. The SMILES string of the molecule is NC1CCC2CN(Cc3ccc(Br)cc3N3CCOCC3)CC12. The van der Waals surface area contributed by atoms with Crippen LogP contribution in [0.2, 0.25) is 0 Å². The first-order valence-corrected chi connectivity index (χ1v) is 9.59. The molecule has 0 spiro atoms. The van der Waals surface area contributed by atoms with E-state index in [1.165, 1.54) is 37.2 Å². The molecule has 2 N–H and O–H groups in total. The smallest absolute Gasteiger partial charge is 0.0642 e. The Morgan fingerprint density at radius 3 is 2.78 bits per heavy atom. The van der Waals surface area contributed by atoms with Gasteiger partial charge in [0.25, 0.3) is 0 Å². The minimum atomic E-state index is 0.425. The summed E-state index contributed by atoms with van der Waals surface area (Å²) >= 11 is 3.63. The van der Waals surface area contributed by atoms with Crippen LogP contribution in [0.1, 0.15) is 18.4 Å². The van der Waals surface area contributed by atoms with Crippen LogP contribution in [0, 0.1) is 11.8 Å². The van der Waals surface area contributed by atoms with Crippen molar-refractivity contribution in [2.24, 2.45) is 17.6 Å². The average molecular weight is 380 g/mol. The molecule has 1 saturated carbocycles. The van der Waals surface area contributed by atoms with E-state index in [1.807, 2.05) is 0 Å². The second-order valence-corrected chi connectivity index (χ2v) is 8.15. The molecule has 0 bridgehead atoms. The number of anilines is 1. The summed E-state index contributed by atoms with van der Waals surface area (Å²) in [4.78, 5) is 5.08. The molecule has 1 aromatic carbocycles. The van der Waals surface area contributed by atoms with Crippen molar-refractivity contribution in [3.63, 3.8) is 0 Å². The Morgan fingerprint density at radius 2 is 2.00 bits per heavy atom. The number of fused-ring (bicyclic) bond motifs is 1. The zero-order valence-electron chi connectivity index (χ0n) is 13.6. The van der Waals surface area contributed by atoms with Crippen molar-refractivity contribution in [2.45, 2.75) is 25.4 Å². The molecule has 5 heteroatoms. The molecule has 2 aliphatic heterocycles. The van der Waals surface area contributed by atoms with Gasteiger partial charge in [-0.25, -0.2) is 0 Å². The van der Waals surface area contributed by atoms with Gasteiger partial charge < -0.3 is 15.4 Å². The quantitative estimate of drug-likeness (QED) is 0.875. The number of benzene rings is 1. The lowest BCUT2D eigenvalue weighted by Crippen LogP contribution is -2.37. The molecule has 0 amide bonds. The molecule has 0 radical (unpaired) electrons. The number of ether oxygens (including phenoxy) is 1. The van der Waals surface area contributed by atoms with Crippen LogP contribution >= 0.6 is 15.9 Å². The Labute approximate surface area is 147 Å². The summed E-state index contributed by atoms with van der Waals surface area (Å²) in [6, 6.07) is 7.14. The molecule has 1 aromatic rings. The summed E-state index contributed by atoms with van der Waals surface area (Å²) in [7, 11) is 0. The molecule has 1 aliphatic carbocycles. The molecule has 23 heavy (non-hydrogen) atoms. The van der Waals surface area contributed by atoms with Gasteiger partial charge in [-0.2, -0.15) is 0 Å². The number of likely N-dealkylation sites (tertiary alicyclic amines) is 1. The minimum Gasteiger partial charge on any atom is -0.378 e. The molecule has 4 nitrogen and oxygen atoms in total. The normalized spacial score (nSPS) is 31.6. The second-order valence-electron chi connectivity index (χ2n) is 7.23. The number of hydrogen-bond donors (Lipinski definition) is 1. The Kier molecular flexibility index (Phi) is 4.63. The Hall–Kier alpha value is -0.620. The number of rotatable bonds is 3. The van der Waals surface area contributed by atoms with Crippen LogP contribution < -0.4 is 10.6 Å². The van der Waals surface area contributed by atoms with Crippen molar-refractivity contribution in [1.82, 2.24) is 4.90 Å². The summed E-state index contributed by atoms with van der Waals surface area (Å²) < 4.78 is 6.66. The molecule has 3 atom stereocenters. The van der Waals surface area contributed by atoms with Gasteiger partial charge in [0.2, 0.25) is 0 Å². The number of halogens is 1. The van der Waals surface area contributed by atoms with Gasteiger partial charge in [0.05, 0.1) is 13.2 Å². The lowest BCUT2D eigenvalue weighted by atomic mass is 9.98. The lowest BCUT2D eigenvalue weighted by molar-refractivity contribution is 0.122. The predicted molar refractivity (Wildman–Crippen MR) is 96.6 cm³/mol. The van der Waals surface area contributed by atoms with Crippen LogP contribution in [0.25, 0.3) is 0 Å². The zero-order chi connectivity index (χ0) is 15.8. The third-order valence-corrected chi connectivity index (χ3v) is 6.27. The van der Waals surface area contributed by atoms with Gasteiger partial charge in [-0.1, -0.05) is 22.0 Å². The first-order chi connectivity index (χ1) is 11.2. The molecule has 3 aliphatic rings. The van der Waals surface area contributed by atoms with E-state index >= 15 is 0 Å². The van der Waals surface area contributed by atoms with E-state index in [2.05, 4.69) is 43.9 Å². The third-order valence-electron chi connectivity index (χ3n) is 5.78. The maximum Gasteiger partial charge on any atom is 0.0642 e. The van der Waals surface area contributed by atoms with Gasteiger partial charge >= 0.3 is 0 Å². The van der Waals surface area contributed by atoms with Gasteiger partial charge in [-0.05, 0) is 42.4 Å². The van der Waals surface area contributed by atoms with Crippen LogP contribution in [0.4, 0.5) is 5.69 Å². The highest BCUT2D eigenvalue weighted by Crippen LogP contribution is 2.38. The third kappa shape index (κ3) is 3.29. The highest BCUT2D eigenvalue weighted by Gasteiger charge is 2.40. The highest BCUT2D eigenvalue weighted by molar-refractivity contribution is 9.10. The predicted octanol–water partition coefficient (Wildman–Crippen LogP) is 2.45. The molecular weight excluding hydrogens is 354 g/mol. The summed E-state index contributed by atoms with van der Waals surface area (Å²) in [5.41, 5.74) is 9.09. The summed E-state index contributed by atoms with van der Waals surface area (Å²) in [5.74, 6) is 1.55. The molecule has 3 fully saturated rings. The molecule has 3 unspecified atom stereocenters. The van der Waals surface area contributed by atoms with Crippen LogP contribution in [0.3, 0.4) is 0 Å². The largest absolute Gasteiger partial charge is 0.378 e. The minimum absolute atomic E-state index is 0.425. The summed E-state index contributed by atoms with van der Waals surface area (Å²) in [6.07, 6.45) is 2.54. The van der Waals surface area contributed by atoms with E-state index in [0.717, 1.165) is 49.2 Å². The van der Waals surface area contributed by atoms with E-state index in [1.54, 1.807) is 0 Å². The van der Waals surface area contributed by atoms with E-state index in [4.69, 9.17) is 10.5 Å². The Balaban J connectivity index is 1.50. The Morgan fingerprint density at radius 1 is 1.17 bits per heavy atom. The number of hydrogen-bond acceptors (Lipinski definition) is 4. The zero-order valence-corrected chi connectivity index (χ0v) is 15.2. The molecule has 126 valence electrons. The van der Waals surface area contributed by atoms with Gasteiger partial charge in [0, 0.05) is 48.9 Å².